The van der Waals surface area contributed by atoms with Crippen LogP contribution >= 0.6 is 15.9 Å². The number of nitro benzene ring substituents is 1. The third kappa shape index (κ3) is 5.83. The van der Waals surface area contributed by atoms with Crippen LogP contribution in [0.5, 0.6) is 5.88 Å². The molecule has 0 fully saturated rings. The second-order valence-electron chi connectivity index (χ2n) is 6.81. The van der Waals surface area contributed by atoms with Gasteiger partial charge in [0.1, 0.15) is 23.2 Å². The Hall–Kier alpha value is -4.08. The summed E-state index contributed by atoms with van der Waals surface area (Å²) in [4.78, 5) is 26.8. The van der Waals surface area contributed by atoms with Crippen LogP contribution in [-0.4, -0.2) is 35.7 Å². The van der Waals surface area contributed by atoms with Gasteiger partial charge in [-0.05, 0) is 35.0 Å². The van der Waals surface area contributed by atoms with Crippen molar-refractivity contribution in [3.8, 4) is 23.3 Å². The van der Waals surface area contributed by atoms with Crippen molar-refractivity contribution in [2.75, 3.05) is 13.7 Å². The minimum absolute atomic E-state index is 0.0158. The molecule has 3 aromatic rings. The number of halogens is 1. The number of carbonyl (C=O) groups is 1. The maximum atomic E-state index is 12.1. The number of aromatic nitrogens is 1. The number of hydrogen-bond acceptors (Lipinski definition) is 9. The van der Waals surface area contributed by atoms with Crippen LogP contribution < -0.4 is 10.2 Å². The van der Waals surface area contributed by atoms with Gasteiger partial charge in [0.05, 0.1) is 23.4 Å². The van der Waals surface area contributed by atoms with Crippen LogP contribution in [0.2, 0.25) is 0 Å². The lowest BCUT2D eigenvalue weighted by Crippen LogP contribution is -2.25. The van der Waals surface area contributed by atoms with Crippen LogP contribution in [0.3, 0.4) is 0 Å². The van der Waals surface area contributed by atoms with Gasteiger partial charge < -0.3 is 13.9 Å². The van der Waals surface area contributed by atoms with Gasteiger partial charge in [-0.15, -0.1) is 0 Å². The number of nitriles is 1. The number of non-ortho nitro benzene ring substituents is 1. The molecule has 0 aliphatic carbocycles. The quantitative estimate of drug-likeness (QED) is 0.250. The highest BCUT2D eigenvalue weighted by Crippen LogP contribution is 2.30. The predicted molar refractivity (Wildman–Crippen MR) is 124 cm³/mol. The molecular formula is C22H18BrN5O6. The molecule has 174 valence electrons. The van der Waals surface area contributed by atoms with Gasteiger partial charge in [0.25, 0.3) is 11.6 Å². The van der Waals surface area contributed by atoms with E-state index in [0.29, 0.717) is 32.8 Å². The smallest absolute Gasteiger partial charge is 0.278 e. The lowest BCUT2D eigenvalue weighted by Gasteiger charge is -2.13. The van der Waals surface area contributed by atoms with Crippen LogP contribution in [0.25, 0.3) is 11.3 Å². The molecule has 2 aromatic heterocycles. The Kier molecular flexibility index (Phi) is 8.07. The molecule has 12 heteroatoms. The van der Waals surface area contributed by atoms with E-state index >= 15 is 0 Å². The maximum Gasteiger partial charge on any atom is 0.278 e. The summed E-state index contributed by atoms with van der Waals surface area (Å²) < 4.78 is 16.8. The van der Waals surface area contributed by atoms with Gasteiger partial charge in [-0.2, -0.15) is 10.4 Å². The molecule has 3 rings (SSSR count). The Labute approximate surface area is 202 Å². The van der Waals surface area contributed by atoms with Gasteiger partial charge in [0, 0.05) is 34.8 Å². The van der Waals surface area contributed by atoms with E-state index in [2.05, 4.69) is 31.4 Å². The van der Waals surface area contributed by atoms with Crippen LogP contribution in [0.15, 0.2) is 50.4 Å². The summed E-state index contributed by atoms with van der Waals surface area (Å²) in [7, 11) is 1.50. The average Bonchev–Trinajstić information content (AvgIpc) is 3.30. The van der Waals surface area contributed by atoms with E-state index in [9.17, 15) is 20.2 Å². The third-order valence-electron chi connectivity index (χ3n) is 4.46. The summed E-state index contributed by atoms with van der Waals surface area (Å²) in [5.41, 5.74) is 4.09. The molecule has 11 nitrogen and oxygen atoms in total. The number of benzene rings is 1. The normalized spacial score (nSPS) is 10.8. The van der Waals surface area contributed by atoms with Crippen molar-refractivity contribution in [2.24, 2.45) is 5.10 Å². The fourth-order valence-corrected chi connectivity index (χ4v) is 3.30. The molecule has 0 bridgehead atoms. The van der Waals surface area contributed by atoms with Gasteiger partial charge in [-0.25, -0.2) is 10.4 Å². The van der Waals surface area contributed by atoms with Crippen molar-refractivity contribution in [3.05, 3.63) is 73.6 Å². The van der Waals surface area contributed by atoms with E-state index in [1.54, 1.807) is 31.2 Å². The van der Waals surface area contributed by atoms with E-state index in [0.717, 1.165) is 0 Å². The topological polar surface area (TPSA) is 153 Å². The average molecular weight is 528 g/mol. The molecule has 0 aliphatic rings. The molecule has 1 amide bonds. The summed E-state index contributed by atoms with van der Waals surface area (Å²) in [6, 6.07) is 11.3. The zero-order valence-electron chi connectivity index (χ0n) is 18.1. The molecule has 0 spiro atoms. The number of nitrogens with one attached hydrogen (secondary N) is 1. The summed E-state index contributed by atoms with van der Waals surface area (Å²) in [6.45, 7) is 1.47. The van der Waals surface area contributed by atoms with Crippen LogP contribution in [0.4, 0.5) is 5.69 Å². The van der Waals surface area contributed by atoms with Crippen LogP contribution in [-0.2, 0) is 16.1 Å². The fourth-order valence-electron chi connectivity index (χ4n) is 2.90. The molecule has 0 saturated carbocycles. The molecule has 0 atom stereocenters. The second kappa shape index (κ2) is 11.2. The van der Waals surface area contributed by atoms with Gasteiger partial charge in [0.15, 0.2) is 6.61 Å². The highest BCUT2D eigenvalue weighted by molar-refractivity contribution is 9.10. The number of pyridine rings is 1. The minimum atomic E-state index is -0.582. The predicted octanol–water partition coefficient (Wildman–Crippen LogP) is 3.87. The van der Waals surface area contributed by atoms with Crippen molar-refractivity contribution < 1.29 is 23.6 Å². The number of methoxy groups -OCH3 is 1. The molecule has 0 radical (unpaired) electrons. The summed E-state index contributed by atoms with van der Waals surface area (Å²) in [5.74, 6) is 0.166. The lowest BCUT2D eigenvalue weighted by molar-refractivity contribution is -0.384. The molecular weight excluding hydrogens is 510 g/mol. The number of aryl methyl sites for hydroxylation is 1. The molecule has 0 saturated heterocycles. The summed E-state index contributed by atoms with van der Waals surface area (Å²) >= 11 is 3.38. The van der Waals surface area contributed by atoms with Crippen molar-refractivity contribution in [1.82, 2.24) is 10.4 Å². The van der Waals surface area contributed by atoms with E-state index in [1.807, 2.05) is 6.07 Å². The third-order valence-corrected chi connectivity index (χ3v) is 5.51. The summed E-state index contributed by atoms with van der Waals surface area (Å²) in [6.07, 6.45) is 1.28. The fraction of sp³-hybridized carbons (Fsp3) is 0.182. The molecule has 1 aromatic carbocycles. The second-order valence-corrected chi connectivity index (χ2v) is 7.60. The maximum absolute atomic E-state index is 12.1. The Morgan fingerprint density at radius 3 is 2.91 bits per heavy atom. The zero-order valence-corrected chi connectivity index (χ0v) is 19.7. The van der Waals surface area contributed by atoms with E-state index < -0.39 is 17.4 Å². The largest absolute Gasteiger partial charge is 0.467 e. The number of furan rings is 1. The molecule has 2 heterocycles. The van der Waals surface area contributed by atoms with Crippen LogP contribution in [0, 0.1) is 28.4 Å². The number of carbonyl (C=O) groups excluding carboxylic acids is 1. The standard InChI is InChI=1S/C22H18BrN5O6/c1-13-21(23)18(11-32-2)17(9-24)22(26-13)33-12-20(29)27-25-10-16-6-7-19(34-16)14-4-3-5-15(8-14)28(30)31/h3-8,10H,11-12H2,1-2H3,(H,27,29)/b25-10+. The molecule has 34 heavy (non-hydrogen) atoms. The molecule has 1 N–H and O–H groups in total. The first kappa shape index (κ1) is 24.6. The molecule has 0 aliphatic heterocycles. The number of hydrazone groups is 1. The minimum Gasteiger partial charge on any atom is -0.467 e. The van der Waals surface area contributed by atoms with Crippen molar-refractivity contribution >= 4 is 33.7 Å². The van der Waals surface area contributed by atoms with Crippen molar-refractivity contribution in [1.29, 1.82) is 5.26 Å². The Morgan fingerprint density at radius 2 is 2.21 bits per heavy atom. The van der Waals surface area contributed by atoms with Gasteiger partial charge in [0.2, 0.25) is 5.88 Å². The number of ether oxygens (including phenoxy) is 2. The number of amides is 1. The van der Waals surface area contributed by atoms with Crippen LogP contribution in [0.1, 0.15) is 22.6 Å². The zero-order chi connectivity index (χ0) is 24.7. The molecule has 0 unspecified atom stereocenters. The van der Waals surface area contributed by atoms with Crippen molar-refractivity contribution in [2.45, 2.75) is 13.5 Å². The number of rotatable bonds is 9. The number of nitro groups is 1. The SMILES string of the molecule is COCc1c(Br)c(C)nc(OCC(=O)N/N=C/c2ccc(-c3cccc([N+](=O)[O-])c3)o2)c1C#N. The van der Waals surface area contributed by atoms with Gasteiger partial charge >= 0.3 is 0 Å². The van der Waals surface area contributed by atoms with Gasteiger partial charge in [-0.3, -0.25) is 14.9 Å². The van der Waals surface area contributed by atoms with Gasteiger partial charge in [-0.1, -0.05) is 12.1 Å². The lowest BCUT2D eigenvalue weighted by atomic mass is 10.1. The van der Waals surface area contributed by atoms with E-state index in [1.165, 1.54) is 25.5 Å². The highest BCUT2D eigenvalue weighted by atomic mass is 79.9. The Bertz CT molecular complexity index is 1300. The monoisotopic (exact) mass is 527 g/mol. The number of nitrogens with zero attached hydrogens (tertiary/aromatic N) is 4. The highest BCUT2D eigenvalue weighted by Gasteiger charge is 2.18. The Morgan fingerprint density at radius 1 is 1.41 bits per heavy atom. The first-order chi connectivity index (χ1) is 16.3. The first-order valence-corrected chi connectivity index (χ1v) is 10.5. The summed E-state index contributed by atoms with van der Waals surface area (Å²) in [5, 5.41) is 24.2. The van der Waals surface area contributed by atoms with E-state index in [4.69, 9.17) is 13.9 Å². The Balaban J connectivity index is 1.61. The number of hydrogen-bond donors (Lipinski definition) is 1. The van der Waals surface area contributed by atoms with E-state index in [-0.39, 0.29) is 23.7 Å². The van der Waals surface area contributed by atoms with Crippen molar-refractivity contribution in [3.63, 3.8) is 0 Å². The first-order valence-electron chi connectivity index (χ1n) is 9.71.